The molecule has 0 unspecified atom stereocenters. The molecule has 0 bridgehead atoms. The molecule has 0 aromatic carbocycles. The van der Waals surface area contributed by atoms with Gasteiger partial charge in [0.05, 0.1) is 6.33 Å². The lowest BCUT2D eigenvalue weighted by Gasteiger charge is -2.16. The van der Waals surface area contributed by atoms with E-state index in [0.29, 0.717) is 11.2 Å². The highest BCUT2D eigenvalue weighted by Crippen LogP contribution is 2.31. The van der Waals surface area contributed by atoms with Gasteiger partial charge in [-0.15, -0.1) is 0 Å². The highest BCUT2D eigenvalue weighted by atomic mass is 32.2. The van der Waals surface area contributed by atoms with Gasteiger partial charge in [0.15, 0.2) is 17.7 Å². The lowest BCUT2D eigenvalue weighted by atomic mass is 10.1. The third kappa shape index (κ3) is 2.85. The maximum absolute atomic E-state index is 11.4. The van der Waals surface area contributed by atoms with Gasteiger partial charge in [0.2, 0.25) is 10.0 Å². The Morgan fingerprint density at radius 1 is 1.38 bits per heavy atom. The predicted octanol–water partition coefficient (Wildman–Crippen LogP) is -1.91. The monoisotopic (exact) mass is 356 g/mol. The molecule has 1 aliphatic rings. The number of hydrogen-bond donors (Lipinski definition) is 4. The minimum Gasteiger partial charge on any atom is -0.387 e. The summed E-state index contributed by atoms with van der Waals surface area (Å²) in [6.45, 7) is 2.94. The average Bonchev–Trinajstić information content (AvgIpc) is 3.10. The molecule has 1 aliphatic heterocycles. The number of nitrogens with zero attached hydrogens (tertiary/aromatic N) is 4. The van der Waals surface area contributed by atoms with Crippen molar-refractivity contribution in [2.45, 2.75) is 24.5 Å². The summed E-state index contributed by atoms with van der Waals surface area (Å²) in [6.07, 6.45) is -1.99. The summed E-state index contributed by atoms with van der Waals surface area (Å²) in [5, 5.41) is 21.1. The van der Waals surface area contributed by atoms with Crippen molar-refractivity contribution in [2.24, 2.45) is 0 Å². The number of nitrogen functional groups attached to an aromatic ring is 1. The lowest BCUT2D eigenvalue weighted by molar-refractivity contribution is -0.0329. The van der Waals surface area contributed by atoms with Crippen molar-refractivity contribution in [3.63, 3.8) is 0 Å². The average molecular weight is 356 g/mol. The van der Waals surface area contributed by atoms with Crippen molar-refractivity contribution in [2.75, 3.05) is 12.3 Å². The molecule has 11 nitrogen and oxygen atoms in total. The molecule has 2 aromatic rings. The molecule has 1 fully saturated rings. The van der Waals surface area contributed by atoms with Crippen LogP contribution in [0.2, 0.25) is 0 Å². The minimum atomic E-state index is -3.67. The zero-order valence-corrected chi connectivity index (χ0v) is 13.2. The summed E-state index contributed by atoms with van der Waals surface area (Å²) in [4.78, 5) is 11.9. The molecule has 0 spiro atoms. The Bertz CT molecular complexity index is 868. The molecule has 5 N–H and O–H groups in total. The van der Waals surface area contributed by atoms with Crippen LogP contribution in [-0.4, -0.2) is 63.0 Å². The van der Waals surface area contributed by atoms with Crippen LogP contribution in [0.4, 0.5) is 5.82 Å². The molecule has 0 saturated carbocycles. The maximum atomic E-state index is 11.4. The van der Waals surface area contributed by atoms with Crippen molar-refractivity contribution in [1.82, 2.24) is 24.2 Å². The maximum Gasteiger partial charge on any atom is 0.233 e. The standard InChI is InChI=1S/C12H16N6O5S/c1-2-24(21,22)17-3-6-8(19)9(20)12(23-6)18-5-16-7-10(13)14-4-15-11(7)18/h2,4-6,8-9,12,17,19-20H,1,3H2,(H2,13,14,15)/t6-,8-,9-,12-/m1/s1. The summed E-state index contributed by atoms with van der Waals surface area (Å²) >= 11 is 0. The van der Waals surface area contributed by atoms with Gasteiger partial charge in [-0.3, -0.25) is 4.57 Å². The third-order valence-corrected chi connectivity index (χ3v) is 4.71. The number of aromatic nitrogens is 4. The van der Waals surface area contributed by atoms with Crippen molar-refractivity contribution < 1.29 is 23.4 Å². The number of ether oxygens (including phenoxy) is 1. The molecule has 0 aliphatic carbocycles. The van der Waals surface area contributed by atoms with E-state index in [1.165, 1.54) is 17.2 Å². The van der Waals surface area contributed by atoms with E-state index in [1.807, 2.05) is 0 Å². The van der Waals surface area contributed by atoms with Gasteiger partial charge in [-0.1, -0.05) is 6.58 Å². The van der Waals surface area contributed by atoms with E-state index in [1.54, 1.807) is 0 Å². The van der Waals surface area contributed by atoms with E-state index < -0.39 is 34.6 Å². The van der Waals surface area contributed by atoms with Crippen LogP contribution in [0.15, 0.2) is 24.6 Å². The molecule has 0 amide bonds. The predicted molar refractivity (Wildman–Crippen MR) is 82.8 cm³/mol. The highest BCUT2D eigenvalue weighted by Gasteiger charge is 2.44. The Hall–Kier alpha value is -2.12. The smallest absolute Gasteiger partial charge is 0.233 e. The van der Waals surface area contributed by atoms with Crippen molar-refractivity contribution in [1.29, 1.82) is 0 Å². The van der Waals surface area contributed by atoms with Crippen LogP contribution in [0.1, 0.15) is 6.23 Å². The van der Waals surface area contributed by atoms with Crippen LogP contribution in [0.5, 0.6) is 0 Å². The lowest BCUT2D eigenvalue weighted by Crippen LogP contribution is -2.39. The molecule has 24 heavy (non-hydrogen) atoms. The Kier molecular flexibility index (Phi) is 4.23. The fourth-order valence-electron chi connectivity index (χ4n) is 2.44. The van der Waals surface area contributed by atoms with Crippen molar-refractivity contribution in [3.8, 4) is 0 Å². The molecule has 2 aromatic heterocycles. The number of nitrogens with one attached hydrogen (secondary N) is 1. The third-order valence-electron chi connectivity index (χ3n) is 3.70. The normalized spacial score (nSPS) is 27.6. The van der Waals surface area contributed by atoms with Gasteiger partial charge >= 0.3 is 0 Å². The molecule has 3 rings (SSSR count). The fraction of sp³-hybridized carbons (Fsp3) is 0.417. The number of anilines is 1. The zero-order valence-electron chi connectivity index (χ0n) is 12.3. The molecule has 4 atom stereocenters. The van der Waals surface area contributed by atoms with E-state index >= 15 is 0 Å². The van der Waals surface area contributed by atoms with E-state index in [2.05, 4.69) is 26.3 Å². The molecular formula is C12H16N6O5S. The number of rotatable bonds is 5. The molecule has 130 valence electrons. The highest BCUT2D eigenvalue weighted by molar-refractivity contribution is 7.92. The largest absolute Gasteiger partial charge is 0.387 e. The van der Waals surface area contributed by atoms with Gasteiger partial charge in [0.1, 0.15) is 30.2 Å². The van der Waals surface area contributed by atoms with Gasteiger partial charge in [0.25, 0.3) is 0 Å². The Labute approximate surface area is 136 Å². The zero-order chi connectivity index (χ0) is 17.5. The summed E-state index contributed by atoms with van der Waals surface area (Å²) < 4.78 is 32.0. The SMILES string of the molecule is C=CS(=O)(=O)NC[C@H]1O[C@@H](n2cnc3c(N)ncnc32)[C@H](O)[C@@H]1O. The second kappa shape index (κ2) is 6.07. The van der Waals surface area contributed by atoms with E-state index in [0.717, 1.165) is 5.41 Å². The van der Waals surface area contributed by atoms with E-state index in [9.17, 15) is 18.6 Å². The van der Waals surface area contributed by atoms with Crippen LogP contribution in [0, 0.1) is 0 Å². The molecule has 0 radical (unpaired) electrons. The molecule has 1 saturated heterocycles. The molecular weight excluding hydrogens is 340 g/mol. The van der Waals surface area contributed by atoms with Gasteiger partial charge < -0.3 is 20.7 Å². The second-order valence-corrected chi connectivity index (χ2v) is 6.90. The fourth-order valence-corrected chi connectivity index (χ4v) is 2.96. The second-order valence-electron chi connectivity index (χ2n) is 5.19. The van der Waals surface area contributed by atoms with Gasteiger partial charge in [0, 0.05) is 12.0 Å². The Morgan fingerprint density at radius 2 is 2.12 bits per heavy atom. The number of imidazole rings is 1. The number of fused-ring (bicyclic) bond motifs is 1. The molecule has 12 heteroatoms. The van der Waals surface area contributed by atoms with Crippen molar-refractivity contribution >= 4 is 27.0 Å². The van der Waals surface area contributed by atoms with Gasteiger partial charge in [-0.2, -0.15) is 0 Å². The number of nitrogens with two attached hydrogens (primary N) is 1. The topological polar surface area (TPSA) is 165 Å². The quantitative estimate of drug-likeness (QED) is 0.478. The first-order valence-electron chi connectivity index (χ1n) is 6.91. The van der Waals surface area contributed by atoms with E-state index in [4.69, 9.17) is 10.5 Å². The summed E-state index contributed by atoms with van der Waals surface area (Å²) in [5.74, 6) is 0.169. The van der Waals surface area contributed by atoms with Crippen LogP contribution >= 0.6 is 0 Å². The van der Waals surface area contributed by atoms with Crippen LogP contribution in [-0.2, 0) is 14.8 Å². The number of aliphatic hydroxyl groups excluding tert-OH is 2. The van der Waals surface area contributed by atoms with Crippen LogP contribution in [0.25, 0.3) is 11.2 Å². The first kappa shape index (κ1) is 16.7. The number of hydrogen-bond acceptors (Lipinski definition) is 9. The summed E-state index contributed by atoms with van der Waals surface area (Å²) in [6, 6.07) is 0. The van der Waals surface area contributed by atoms with Crippen molar-refractivity contribution in [3.05, 3.63) is 24.6 Å². The summed E-state index contributed by atoms with van der Waals surface area (Å²) in [7, 11) is -3.67. The number of sulfonamides is 1. The Balaban J connectivity index is 1.84. The van der Waals surface area contributed by atoms with Gasteiger partial charge in [-0.25, -0.2) is 28.1 Å². The Morgan fingerprint density at radius 3 is 2.83 bits per heavy atom. The first-order chi connectivity index (χ1) is 11.3. The van der Waals surface area contributed by atoms with Crippen LogP contribution in [0.3, 0.4) is 0 Å². The first-order valence-corrected chi connectivity index (χ1v) is 8.45. The number of aliphatic hydroxyl groups is 2. The molecule has 3 heterocycles. The summed E-state index contributed by atoms with van der Waals surface area (Å²) in [5.41, 5.74) is 6.36. The minimum absolute atomic E-state index is 0.169. The van der Waals surface area contributed by atoms with Crippen LogP contribution < -0.4 is 10.5 Å². The van der Waals surface area contributed by atoms with Gasteiger partial charge in [-0.05, 0) is 0 Å². The van der Waals surface area contributed by atoms with E-state index in [-0.39, 0.29) is 12.4 Å².